The molecular formula is C16H27N5O6. The number of amides is 1. The first-order chi connectivity index (χ1) is 12.6. The van der Waals surface area contributed by atoms with Gasteiger partial charge in [0, 0.05) is 6.54 Å². The van der Waals surface area contributed by atoms with Crippen molar-refractivity contribution in [3.63, 3.8) is 0 Å². The summed E-state index contributed by atoms with van der Waals surface area (Å²) in [5, 5.41) is 14.6. The molecule has 1 aromatic rings. The molecule has 0 fully saturated rings. The minimum Gasteiger partial charge on any atom is -0.480 e. The highest BCUT2D eigenvalue weighted by atomic mass is 16.6. The molecule has 0 aliphatic heterocycles. The molecule has 27 heavy (non-hydrogen) atoms. The number of aliphatic carboxylic acids is 1. The van der Waals surface area contributed by atoms with Crippen molar-refractivity contribution in [2.24, 2.45) is 0 Å². The molecule has 0 unspecified atom stereocenters. The Bertz CT molecular complexity index is 612. The van der Waals surface area contributed by atoms with Gasteiger partial charge in [-0.3, -0.25) is 0 Å². The van der Waals surface area contributed by atoms with Crippen molar-refractivity contribution in [1.29, 1.82) is 0 Å². The number of carbonyl (C=O) groups excluding carboxylic acids is 1. The van der Waals surface area contributed by atoms with E-state index in [4.69, 9.17) is 14.2 Å². The molecule has 152 valence electrons. The summed E-state index contributed by atoms with van der Waals surface area (Å²) in [7, 11) is 2.87. The number of nitrogens with zero attached hydrogens (tertiary/aromatic N) is 3. The van der Waals surface area contributed by atoms with E-state index in [1.807, 2.05) is 0 Å². The van der Waals surface area contributed by atoms with Crippen LogP contribution in [0.3, 0.4) is 0 Å². The van der Waals surface area contributed by atoms with E-state index < -0.39 is 23.7 Å². The quantitative estimate of drug-likeness (QED) is 0.506. The first kappa shape index (κ1) is 22.2. The molecule has 1 atom stereocenters. The molecule has 0 bridgehead atoms. The lowest BCUT2D eigenvalue weighted by molar-refractivity contribution is -0.139. The molecule has 1 rings (SSSR count). The summed E-state index contributed by atoms with van der Waals surface area (Å²) in [6.07, 6.45) is 0.701. The number of nitrogens with one attached hydrogen (secondary N) is 2. The van der Waals surface area contributed by atoms with Gasteiger partial charge in [0.15, 0.2) is 0 Å². The highest BCUT2D eigenvalue weighted by molar-refractivity contribution is 5.79. The second-order valence-corrected chi connectivity index (χ2v) is 6.59. The molecule has 11 heteroatoms. The monoisotopic (exact) mass is 385 g/mol. The standard InChI is InChI=1S/C16H27N5O6/c1-16(2,3)27-15(24)18-10(11(22)23)8-6-7-9-17-12-19-13(25-4)21-14(20-12)26-5/h10H,6-9H2,1-5H3,(H,18,24)(H,22,23)(H,17,19,20,21)/t10-/m0/s1. The van der Waals surface area contributed by atoms with Crippen LogP contribution in [0, 0.1) is 0 Å². The molecular weight excluding hydrogens is 358 g/mol. The number of methoxy groups -OCH3 is 2. The fourth-order valence-electron chi connectivity index (χ4n) is 1.98. The normalized spacial score (nSPS) is 12.0. The third kappa shape index (κ3) is 8.88. The maximum atomic E-state index is 11.7. The molecule has 0 saturated heterocycles. The van der Waals surface area contributed by atoms with Crippen molar-refractivity contribution in [2.75, 3.05) is 26.1 Å². The molecule has 1 aromatic heterocycles. The van der Waals surface area contributed by atoms with Crippen molar-refractivity contribution in [2.45, 2.75) is 51.7 Å². The fourth-order valence-corrected chi connectivity index (χ4v) is 1.98. The number of carboxylic acid groups (broad SMARTS) is 1. The van der Waals surface area contributed by atoms with Crippen LogP contribution in [0.1, 0.15) is 40.0 Å². The smallest absolute Gasteiger partial charge is 0.408 e. The number of anilines is 1. The van der Waals surface area contributed by atoms with Gasteiger partial charge in [-0.25, -0.2) is 9.59 Å². The van der Waals surface area contributed by atoms with Crippen molar-refractivity contribution in [3.8, 4) is 12.0 Å². The van der Waals surface area contributed by atoms with Crippen molar-refractivity contribution < 1.29 is 28.9 Å². The van der Waals surface area contributed by atoms with Crippen molar-refractivity contribution >= 4 is 18.0 Å². The summed E-state index contributed by atoms with van der Waals surface area (Å²) < 4.78 is 15.0. The largest absolute Gasteiger partial charge is 0.480 e. The molecule has 0 aliphatic rings. The lowest BCUT2D eigenvalue weighted by atomic mass is 10.1. The SMILES string of the molecule is COc1nc(NCCCC[C@H](NC(=O)OC(C)(C)C)C(=O)O)nc(OC)n1. The van der Waals surface area contributed by atoms with Crippen molar-refractivity contribution in [3.05, 3.63) is 0 Å². The Kier molecular flexibility index (Phi) is 8.49. The number of rotatable bonds is 10. The van der Waals surface area contributed by atoms with E-state index in [1.54, 1.807) is 20.8 Å². The highest BCUT2D eigenvalue weighted by Gasteiger charge is 2.23. The Morgan fingerprint density at radius 1 is 1.07 bits per heavy atom. The Hall–Kier alpha value is -2.85. The Morgan fingerprint density at radius 2 is 1.67 bits per heavy atom. The second kappa shape index (κ2) is 10.3. The Balaban J connectivity index is 2.42. The zero-order chi connectivity index (χ0) is 20.4. The zero-order valence-electron chi connectivity index (χ0n) is 16.2. The van der Waals surface area contributed by atoms with Crippen LogP contribution in [0.2, 0.25) is 0 Å². The van der Waals surface area contributed by atoms with Gasteiger partial charge in [0.1, 0.15) is 11.6 Å². The average Bonchev–Trinajstić information content (AvgIpc) is 2.58. The molecule has 1 heterocycles. The van der Waals surface area contributed by atoms with Gasteiger partial charge in [0.2, 0.25) is 5.95 Å². The molecule has 11 nitrogen and oxygen atoms in total. The van der Waals surface area contributed by atoms with E-state index in [-0.39, 0.29) is 18.4 Å². The first-order valence-electron chi connectivity index (χ1n) is 8.45. The second-order valence-electron chi connectivity index (χ2n) is 6.59. The number of aromatic nitrogens is 3. The predicted octanol–water partition coefficient (Wildman–Crippen LogP) is 1.45. The minimum atomic E-state index is -1.11. The van der Waals surface area contributed by atoms with E-state index in [2.05, 4.69) is 25.6 Å². The molecule has 3 N–H and O–H groups in total. The molecule has 0 radical (unpaired) electrons. The van der Waals surface area contributed by atoms with Gasteiger partial charge < -0.3 is 30.0 Å². The zero-order valence-corrected chi connectivity index (χ0v) is 16.2. The van der Waals surface area contributed by atoms with Crippen LogP contribution >= 0.6 is 0 Å². The van der Waals surface area contributed by atoms with Crippen LogP contribution in [0.4, 0.5) is 10.7 Å². The first-order valence-corrected chi connectivity index (χ1v) is 8.45. The van der Waals surface area contributed by atoms with Crippen molar-refractivity contribution in [1.82, 2.24) is 20.3 Å². The fraction of sp³-hybridized carbons (Fsp3) is 0.688. The van der Waals surface area contributed by atoms with Gasteiger partial charge in [0.25, 0.3) is 0 Å². The van der Waals surface area contributed by atoms with Crippen LogP contribution in [0.15, 0.2) is 0 Å². The molecule has 0 saturated carbocycles. The van der Waals surface area contributed by atoms with Crippen LogP contribution in [-0.2, 0) is 9.53 Å². The summed E-state index contributed by atoms with van der Waals surface area (Å²) in [5.41, 5.74) is -0.691. The lowest BCUT2D eigenvalue weighted by Gasteiger charge is -2.22. The Labute approximate surface area is 157 Å². The topological polar surface area (TPSA) is 145 Å². The van der Waals surface area contributed by atoms with E-state index in [9.17, 15) is 14.7 Å². The van der Waals surface area contributed by atoms with Gasteiger partial charge >= 0.3 is 24.1 Å². The third-order valence-electron chi connectivity index (χ3n) is 3.15. The summed E-state index contributed by atoms with van der Waals surface area (Å²) in [5.74, 6) is -0.818. The van der Waals surface area contributed by atoms with Crippen LogP contribution in [0.25, 0.3) is 0 Å². The minimum absolute atomic E-state index is 0.122. The third-order valence-corrected chi connectivity index (χ3v) is 3.15. The average molecular weight is 385 g/mol. The maximum Gasteiger partial charge on any atom is 0.408 e. The number of carboxylic acids is 1. The van der Waals surface area contributed by atoms with E-state index in [0.29, 0.717) is 25.3 Å². The lowest BCUT2D eigenvalue weighted by Crippen LogP contribution is -2.43. The maximum absolute atomic E-state index is 11.7. The van der Waals surface area contributed by atoms with E-state index >= 15 is 0 Å². The molecule has 0 spiro atoms. The van der Waals surface area contributed by atoms with Gasteiger partial charge in [-0.05, 0) is 40.0 Å². The van der Waals surface area contributed by atoms with Crippen LogP contribution in [-0.4, -0.2) is 64.5 Å². The van der Waals surface area contributed by atoms with Gasteiger partial charge in [-0.15, -0.1) is 4.98 Å². The summed E-state index contributed by atoms with van der Waals surface area (Å²) in [6, 6.07) is -0.772. The number of ether oxygens (including phenoxy) is 3. The van der Waals surface area contributed by atoms with Gasteiger partial charge in [-0.2, -0.15) is 9.97 Å². The van der Waals surface area contributed by atoms with E-state index in [1.165, 1.54) is 14.2 Å². The highest BCUT2D eigenvalue weighted by Crippen LogP contribution is 2.12. The summed E-state index contributed by atoms with van der Waals surface area (Å²) >= 11 is 0. The molecule has 0 aliphatic carbocycles. The molecule has 0 aromatic carbocycles. The predicted molar refractivity (Wildman–Crippen MR) is 96.1 cm³/mol. The van der Waals surface area contributed by atoms with Crippen LogP contribution < -0.4 is 20.1 Å². The number of carbonyl (C=O) groups is 2. The number of unbranched alkanes of at least 4 members (excludes halogenated alkanes) is 1. The number of hydrogen-bond donors (Lipinski definition) is 3. The van der Waals surface area contributed by atoms with Gasteiger partial charge in [-0.1, -0.05) is 0 Å². The molecule has 1 amide bonds. The summed E-state index contributed by atoms with van der Waals surface area (Å²) in [6.45, 7) is 5.62. The van der Waals surface area contributed by atoms with E-state index in [0.717, 1.165) is 0 Å². The number of alkyl carbamates (subject to hydrolysis) is 1. The van der Waals surface area contributed by atoms with Gasteiger partial charge in [0.05, 0.1) is 14.2 Å². The number of hydrogen-bond acceptors (Lipinski definition) is 9. The van der Waals surface area contributed by atoms with Crippen LogP contribution in [0.5, 0.6) is 12.0 Å². The Morgan fingerprint density at radius 3 is 2.15 bits per heavy atom. The summed E-state index contributed by atoms with van der Waals surface area (Å²) in [4.78, 5) is 34.9.